The van der Waals surface area contributed by atoms with Gasteiger partial charge in [0.2, 0.25) is 0 Å². The number of hydrogen-bond donors (Lipinski definition) is 1. The first-order valence-corrected chi connectivity index (χ1v) is 9.87. The van der Waals surface area contributed by atoms with Gasteiger partial charge in [0.1, 0.15) is 12.0 Å². The second-order valence-electron chi connectivity index (χ2n) is 7.55. The fourth-order valence-electron chi connectivity index (χ4n) is 3.58. The van der Waals surface area contributed by atoms with Gasteiger partial charge in [0.25, 0.3) is 5.91 Å². The number of amides is 1. The summed E-state index contributed by atoms with van der Waals surface area (Å²) < 4.78 is 2.12. The van der Waals surface area contributed by atoms with Crippen LogP contribution < -0.4 is 5.32 Å². The third-order valence-corrected chi connectivity index (χ3v) is 5.36. The van der Waals surface area contributed by atoms with Crippen molar-refractivity contribution in [2.45, 2.75) is 19.4 Å². The minimum Gasteiger partial charge on any atom is -0.321 e. The zero-order valence-corrected chi connectivity index (χ0v) is 16.4. The van der Waals surface area contributed by atoms with E-state index in [2.05, 4.69) is 37.0 Å². The average molecular weight is 396 g/mol. The van der Waals surface area contributed by atoms with Crippen LogP contribution in [0.1, 0.15) is 29.9 Å². The van der Waals surface area contributed by atoms with E-state index in [4.69, 9.17) is 0 Å². The Hall–Kier alpha value is -3.87. The summed E-state index contributed by atoms with van der Waals surface area (Å²) in [5, 5.41) is 11.3. The van der Waals surface area contributed by atoms with Crippen LogP contribution in [0.3, 0.4) is 0 Å². The lowest BCUT2D eigenvalue weighted by Gasteiger charge is -2.09. The van der Waals surface area contributed by atoms with E-state index in [1.54, 1.807) is 31.0 Å². The molecule has 7 nitrogen and oxygen atoms in total. The molecule has 0 aliphatic heterocycles. The summed E-state index contributed by atoms with van der Waals surface area (Å²) in [6, 6.07) is 15.5. The minimum absolute atomic E-state index is 0.268. The van der Waals surface area contributed by atoms with Crippen molar-refractivity contribution in [3.05, 3.63) is 79.1 Å². The summed E-state index contributed by atoms with van der Waals surface area (Å²) in [5.74, 6) is 1.19. The molecule has 1 amide bonds. The molecule has 0 saturated heterocycles. The van der Waals surface area contributed by atoms with Crippen molar-refractivity contribution in [3.8, 4) is 22.5 Å². The normalized spacial score (nSPS) is 17.5. The van der Waals surface area contributed by atoms with Gasteiger partial charge in [-0.3, -0.25) is 14.8 Å². The molecule has 0 radical (unpaired) electrons. The highest BCUT2D eigenvalue weighted by Crippen LogP contribution is 2.44. The first kappa shape index (κ1) is 18.2. The number of anilines is 1. The molecule has 5 rings (SSSR count). The molecule has 1 aliphatic rings. The predicted molar refractivity (Wildman–Crippen MR) is 114 cm³/mol. The van der Waals surface area contributed by atoms with E-state index in [-0.39, 0.29) is 5.91 Å². The number of nitrogens with one attached hydrogen (secondary N) is 1. The third-order valence-electron chi connectivity index (χ3n) is 5.36. The van der Waals surface area contributed by atoms with Gasteiger partial charge < -0.3 is 9.88 Å². The molecule has 148 valence electrons. The molecule has 7 heteroatoms. The van der Waals surface area contributed by atoms with Gasteiger partial charge in [0.15, 0.2) is 5.82 Å². The lowest BCUT2D eigenvalue weighted by atomic mass is 10.1. The van der Waals surface area contributed by atoms with Crippen LogP contribution in [0.2, 0.25) is 0 Å². The zero-order chi connectivity index (χ0) is 20.5. The van der Waals surface area contributed by atoms with E-state index in [9.17, 15) is 4.79 Å². The Balaban J connectivity index is 1.38. The van der Waals surface area contributed by atoms with Crippen molar-refractivity contribution in [2.24, 2.45) is 5.92 Å². The van der Waals surface area contributed by atoms with Crippen LogP contribution in [0.15, 0.2) is 73.4 Å². The second kappa shape index (κ2) is 7.51. The van der Waals surface area contributed by atoms with Gasteiger partial charge in [0, 0.05) is 41.4 Å². The van der Waals surface area contributed by atoms with Crippen molar-refractivity contribution in [1.29, 1.82) is 0 Å². The number of nitrogens with zero attached hydrogens (tertiary/aromatic N) is 5. The van der Waals surface area contributed by atoms with Crippen molar-refractivity contribution < 1.29 is 4.79 Å². The molecule has 0 unspecified atom stereocenters. The Kier molecular flexibility index (Phi) is 4.55. The summed E-state index contributed by atoms with van der Waals surface area (Å²) in [7, 11) is 0. The van der Waals surface area contributed by atoms with Gasteiger partial charge in [-0.2, -0.15) is 0 Å². The maximum atomic E-state index is 12.8. The van der Waals surface area contributed by atoms with Crippen molar-refractivity contribution in [3.63, 3.8) is 0 Å². The Bertz CT molecular complexity index is 1200. The smallest absolute Gasteiger partial charge is 0.274 e. The summed E-state index contributed by atoms with van der Waals surface area (Å²) in [6.45, 7) is 2.22. The Morgan fingerprint density at radius 2 is 1.93 bits per heavy atom. The first-order valence-electron chi connectivity index (χ1n) is 9.87. The summed E-state index contributed by atoms with van der Waals surface area (Å²) in [4.78, 5) is 21.2. The zero-order valence-electron chi connectivity index (χ0n) is 16.4. The predicted octanol–water partition coefficient (Wildman–Crippen LogP) is 4.24. The summed E-state index contributed by atoms with van der Waals surface area (Å²) in [6.07, 6.45) is 8.03. The molecular formula is C23H20N6O. The molecule has 1 aromatic carbocycles. The molecule has 1 fully saturated rings. The summed E-state index contributed by atoms with van der Waals surface area (Å²) in [5.41, 5.74) is 3.77. The van der Waals surface area contributed by atoms with Crippen LogP contribution in [-0.4, -0.2) is 30.6 Å². The second-order valence-corrected chi connectivity index (χ2v) is 7.55. The van der Waals surface area contributed by atoms with Crippen molar-refractivity contribution in [2.75, 3.05) is 5.32 Å². The molecule has 0 bridgehead atoms. The Labute approximate surface area is 173 Å². The van der Waals surface area contributed by atoms with Gasteiger partial charge in [-0.25, -0.2) is 0 Å². The largest absolute Gasteiger partial charge is 0.321 e. The third kappa shape index (κ3) is 3.57. The number of benzene rings is 1. The van der Waals surface area contributed by atoms with Gasteiger partial charge in [-0.05, 0) is 48.2 Å². The van der Waals surface area contributed by atoms with Crippen LogP contribution >= 0.6 is 0 Å². The van der Waals surface area contributed by atoms with Crippen LogP contribution in [0.5, 0.6) is 0 Å². The number of aromatic nitrogens is 5. The molecule has 1 N–H and O–H groups in total. The molecule has 3 aromatic heterocycles. The lowest BCUT2D eigenvalue weighted by molar-refractivity contribution is 0.102. The van der Waals surface area contributed by atoms with Gasteiger partial charge in [-0.15, -0.1) is 10.2 Å². The Morgan fingerprint density at radius 3 is 2.73 bits per heavy atom. The molecule has 1 aliphatic carbocycles. The fourth-order valence-corrected chi connectivity index (χ4v) is 3.58. The molecule has 30 heavy (non-hydrogen) atoms. The Morgan fingerprint density at radius 1 is 1.07 bits per heavy atom. The molecule has 2 atom stereocenters. The molecule has 3 heterocycles. The first-order chi connectivity index (χ1) is 14.7. The molecule has 0 spiro atoms. The maximum absolute atomic E-state index is 12.8. The number of rotatable bonds is 5. The molecule has 1 saturated carbocycles. The lowest BCUT2D eigenvalue weighted by Crippen LogP contribution is -2.13. The van der Waals surface area contributed by atoms with Crippen LogP contribution in [0.4, 0.5) is 5.69 Å². The molecular weight excluding hydrogens is 376 g/mol. The van der Waals surface area contributed by atoms with E-state index < -0.39 is 0 Å². The topological polar surface area (TPSA) is 85.6 Å². The fraction of sp³-hybridized carbons (Fsp3) is 0.174. The summed E-state index contributed by atoms with van der Waals surface area (Å²) >= 11 is 0. The van der Waals surface area contributed by atoms with Gasteiger partial charge in [0.05, 0.1) is 0 Å². The van der Waals surface area contributed by atoms with E-state index >= 15 is 0 Å². The quantitative estimate of drug-likeness (QED) is 0.545. The van der Waals surface area contributed by atoms with Gasteiger partial charge >= 0.3 is 0 Å². The number of pyridine rings is 2. The monoisotopic (exact) mass is 396 g/mol. The van der Waals surface area contributed by atoms with E-state index in [1.807, 2.05) is 42.5 Å². The van der Waals surface area contributed by atoms with Crippen LogP contribution in [0.25, 0.3) is 22.5 Å². The highest BCUT2D eigenvalue weighted by molar-refractivity contribution is 6.03. The van der Waals surface area contributed by atoms with E-state index in [1.165, 1.54) is 0 Å². The number of carbonyl (C=O) groups is 1. The van der Waals surface area contributed by atoms with Crippen molar-refractivity contribution >= 4 is 11.6 Å². The number of carbonyl (C=O) groups excluding carboxylic acids is 1. The van der Waals surface area contributed by atoms with E-state index in [0.29, 0.717) is 23.3 Å². The average Bonchev–Trinajstić information content (AvgIpc) is 3.31. The van der Waals surface area contributed by atoms with E-state index in [0.717, 1.165) is 28.9 Å². The van der Waals surface area contributed by atoms with Gasteiger partial charge in [-0.1, -0.05) is 25.1 Å². The highest BCUT2D eigenvalue weighted by atomic mass is 16.1. The van der Waals surface area contributed by atoms with Crippen LogP contribution in [-0.2, 0) is 0 Å². The van der Waals surface area contributed by atoms with Crippen molar-refractivity contribution in [1.82, 2.24) is 24.7 Å². The SMILES string of the molecule is C[C@H]1C[C@@H]1n1cnnc1-c1cccc(NC(=O)c2cc(-c3cccnc3)ccn2)c1. The maximum Gasteiger partial charge on any atom is 0.274 e. The van der Waals surface area contributed by atoms with Crippen LogP contribution in [0, 0.1) is 5.92 Å². The standard InChI is InChI=1S/C23H20N6O/c1-15-10-21(15)29-14-26-28-22(29)17-4-2-6-19(11-17)27-23(30)20-12-16(7-9-25-20)18-5-3-8-24-13-18/h2-9,11-15,21H,10H2,1H3,(H,27,30)/t15-,21-/m0/s1. The minimum atomic E-state index is -0.268. The molecule has 4 aromatic rings. The number of hydrogen-bond acceptors (Lipinski definition) is 5. The highest BCUT2D eigenvalue weighted by Gasteiger charge is 2.36.